The van der Waals surface area contributed by atoms with Crippen LogP contribution in [-0.2, 0) is 0 Å². The largest absolute Gasteiger partial charge is 0.396 e. The summed E-state index contributed by atoms with van der Waals surface area (Å²) in [7, 11) is 0. The SMILES string of the molecule is CCCNC(=S)Nc1cscc1N. The van der Waals surface area contributed by atoms with Crippen LogP contribution < -0.4 is 16.4 Å². The quantitative estimate of drug-likeness (QED) is 0.675. The third-order valence-corrected chi connectivity index (χ3v) is 2.48. The zero-order valence-electron chi connectivity index (χ0n) is 7.46. The molecule has 5 heteroatoms. The van der Waals surface area contributed by atoms with Gasteiger partial charge in [0, 0.05) is 17.3 Å². The fourth-order valence-corrected chi connectivity index (χ4v) is 1.70. The van der Waals surface area contributed by atoms with Crippen molar-refractivity contribution in [2.45, 2.75) is 13.3 Å². The van der Waals surface area contributed by atoms with Gasteiger partial charge in [0.15, 0.2) is 5.11 Å². The summed E-state index contributed by atoms with van der Waals surface area (Å²) in [6.45, 7) is 2.98. The lowest BCUT2D eigenvalue weighted by atomic mass is 10.4. The maximum absolute atomic E-state index is 5.68. The molecule has 1 aromatic heterocycles. The zero-order valence-corrected chi connectivity index (χ0v) is 9.10. The Morgan fingerprint density at radius 1 is 1.62 bits per heavy atom. The molecular formula is C8H13N3S2. The van der Waals surface area contributed by atoms with Gasteiger partial charge in [0.25, 0.3) is 0 Å². The van der Waals surface area contributed by atoms with Crippen molar-refractivity contribution in [3.63, 3.8) is 0 Å². The first-order valence-electron chi connectivity index (χ1n) is 4.10. The number of thiocarbonyl (C=S) groups is 1. The number of anilines is 2. The summed E-state index contributed by atoms with van der Waals surface area (Å²) in [6.07, 6.45) is 1.06. The van der Waals surface area contributed by atoms with Crippen molar-refractivity contribution in [3.05, 3.63) is 10.8 Å². The lowest BCUT2D eigenvalue weighted by Crippen LogP contribution is -2.28. The van der Waals surface area contributed by atoms with E-state index in [1.54, 1.807) is 11.3 Å². The Balaban J connectivity index is 2.41. The van der Waals surface area contributed by atoms with E-state index < -0.39 is 0 Å². The first-order valence-corrected chi connectivity index (χ1v) is 5.45. The minimum absolute atomic E-state index is 0.631. The molecule has 0 bridgehead atoms. The molecule has 0 spiro atoms. The summed E-state index contributed by atoms with van der Waals surface area (Å²) in [5, 5.41) is 10.5. The highest BCUT2D eigenvalue weighted by molar-refractivity contribution is 7.80. The van der Waals surface area contributed by atoms with E-state index in [9.17, 15) is 0 Å². The van der Waals surface area contributed by atoms with Crippen molar-refractivity contribution in [2.75, 3.05) is 17.6 Å². The van der Waals surface area contributed by atoms with Gasteiger partial charge >= 0.3 is 0 Å². The van der Waals surface area contributed by atoms with E-state index >= 15 is 0 Å². The van der Waals surface area contributed by atoms with Gasteiger partial charge in [0.2, 0.25) is 0 Å². The van der Waals surface area contributed by atoms with Gasteiger partial charge in [-0.2, -0.15) is 0 Å². The summed E-state index contributed by atoms with van der Waals surface area (Å²) >= 11 is 6.61. The molecule has 3 nitrogen and oxygen atoms in total. The molecule has 0 aliphatic carbocycles. The van der Waals surface area contributed by atoms with Gasteiger partial charge < -0.3 is 16.4 Å². The Labute approximate surface area is 87.3 Å². The first kappa shape index (κ1) is 10.3. The highest BCUT2D eigenvalue weighted by Gasteiger charge is 2.00. The van der Waals surface area contributed by atoms with Crippen molar-refractivity contribution in [1.29, 1.82) is 0 Å². The van der Waals surface area contributed by atoms with Crippen LogP contribution in [0.15, 0.2) is 10.8 Å². The van der Waals surface area contributed by atoms with E-state index in [1.165, 1.54) is 0 Å². The number of hydrogen-bond donors (Lipinski definition) is 3. The fourth-order valence-electron chi connectivity index (χ4n) is 0.814. The molecule has 0 saturated carbocycles. The first-order chi connectivity index (χ1) is 6.24. The van der Waals surface area contributed by atoms with Gasteiger partial charge in [-0.3, -0.25) is 0 Å². The van der Waals surface area contributed by atoms with Crippen LogP contribution in [0.3, 0.4) is 0 Å². The zero-order chi connectivity index (χ0) is 9.68. The van der Waals surface area contributed by atoms with E-state index in [-0.39, 0.29) is 0 Å². The summed E-state index contributed by atoms with van der Waals surface area (Å²) < 4.78 is 0. The Bertz CT molecular complexity index is 283. The van der Waals surface area contributed by atoms with Gasteiger partial charge in [-0.15, -0.1) is 11.3 Å². The molecule has 1 heterocycles. The summed E-state index contributed by atoms with van der Waals surface area (Å²) in [5.41, 5.74) is 7.31. The minimum Gasteiger partial charge on any atom is -0.396 e. The van der Waals surface area contributed by atoms with E-state index in [0.29, 0.717) is 5.11 Å². The van der Waals surface area contributed by atoms with Gasteiger partial charge in [0.1, 0.15) is 0 Å². The van der Waals surface area contributed by atoms with Crippen LogP contribution in [0.25, 0.3) is 0 Å². The Hall–Kier alpha value is -0.810. The second-order valence-corrected chi connectivity index (χ2v) is 3.77. The van der Waals surface area contributed by atoms with Crippen molar-refractivity contribution < 1.29 is 0 Å². The van der Waals surface area contributed by atoms with E-state index in [0.717, 1.165) is 24.3 Å². The predicted octanol–water partition coefficient (Wildman–Crippen LogP) is 2.03. The number of nitrogens with two attached hydrogens (primary N) is 1. The Morgan fingerprint density at radius 2 is 2.38 bits per heavy atom. The molecule has 1 rings (SSSR count). The number of rotatable bonds is 3. The lowest BCUT2D eigenvalue weighted by Gasteiger charge is -2.08. The van der Waals surface area contributed by atoms with Gasteiger partial charge in [-0.05, 0) is 18.6 Å². The highest BCUT2D eigenvalue weighted by atomic mass is 32.1. The maximum atomic E-state index is 5.68. The van der Waals surface area contributed by atoms with Gasteiger partial charge in [-0.1, -0.05) is 6.92 Å². The van der Waals surface area contributed by atoms with Crippen molar-refractivity contribution in [2.24, 2.45) is 0 Å². The second-order valence-electron chi connectivity index (χ2n) is 2.62. The van der Waals surface area contributed by atoms with E-state index in [2.05, 4.69) is 17.6 Å². The van der Waals surface area contributed by atoms with Crippen molar-refractivity contribution in [1.82, 2.24) is 5.32 Å². The topological polar surface area (TPSA) is 50.1 Å². The smallest absolute Gasteiger partial charge is 0.170 e. The number of thiophene rings is 1. The molecule has 72 valence electrons. The molecular weight excluding hydrogens is 202 g/mol. The molecule has 0 saturated heterocycles. The molecule has 13 heavy (non-hydrogen) atoms. The van der Waals surface area contributed by atoms with E-state index in [4.69, 9.17) is 18.0 Å². The number of nitrogens with one attached hydrogen (secondary N) is 2. The minimum atomic E-state index is 0.631. The van der Waals surface area contributed by atoms with Gasteiger partial charge in [-0.25, -0.2) is 0 Å². The average molecular weight is 215 g/mol. The van der Waals surface area contributed by atoms with Crippen LogP contribution in [0.1, 0.15) is 13.3 Å². The maximum Gasteiger partial charge on any atom is 0.170 e. The van der Waals surface area contributed by atoms with Crippen LogP contribution in [-0.4, -0.2) is 11.7 Å². The van der Waals surface area contributed by atoms with Crippen LogP contribution in [0, 0.1) is 0 Å². The third-order valence-electron chi connectivity index (χ3n) is 1.48. The molecule has 0 radical (unpaired) electrons. The van der Waals surface area contributed by atoms with Crippen molar-refractivity contribution >= 4 is 40.0 Å². The molecule has 1 aromatic rings. The molecule has 0 atom stereocenters. The Kier molecular flexibility index (Phi) is 3.98. The van der Waals surface area contributed by atoms with E-state index in [1.807, 2.05) is 10.8 Å². The second kappa shape index (κ2) is 5.04. The molecule has 0 aromatic carbocycles. The highest BCUT2D eigenvalue weighted by Crippen LogP contribution is 2.22. The monoisotopic (exact) mass is 215 g/mol. The number of hydrogen-bond acceptors (Lipinski definition) is 3. The molecule has 4 N–H and O–H groups in total. The fraction of sp³-hybridized carbons (Fsp3) is 0.375. The molecule has 0 aliphatic heterocycles. The summed E-state index contributed by atoms with van der Waals surface area (Å²) in [4.78, 5) is 0. The normalized spacial score (nSPS) is 9.62. The lowest BCUT2D eigenvalue weighted by molar-refractivity contribution is 0.847. The van der Waals surface area contributed by atoms with Crippen LogP contribution in [0.4, 0.5) is 11.4 Å². The molecule has 0 unspecified atom stereocenters. The Morgan fingerprint density at radius 3 is 2.92 bits per heavy atom. The average Bonchev–Trinajstić information content (AvgIpc) is 2.48. The van der Waals surface area contributed by atoms with Gasteiger partial charge in [0.05, 0.1) is 11.4 Å². The molecule has 0 aliphatic rings. The summed E-state index contributed by atoms with van der Waals surface area (Å²) in [5.74, 6) is 0. The standard InChI is InChI=1S/C8H13N3S2/c1-2-3-10-8(12)11-7-5-13-4-6(7)9/h4-5H,2-3,9H2,1H3,(H2,10,11,12). The molecule has 0 amide bonds. The third kappa shape index (κ3) is 3.20. The van der Waals surface area contributed by atoms with Crippen molar-refractivity contribution in [3.8, 4) is 0 Å². The molecule has 0 fully saturated rings. The van der Waals surface area contributed by atoms with Crippen LogP contribution in [0.2, 0.25) is 0 Å². The van der Waals surface area contributed by atoms with Crippen LogP contribution in [0.5, 0.6) is 0 Å². The van der Waals surface area contributed by atoms with Crippen LogP contribution >= 0.6 is 23.6 Å². The predicted molar refractivity (Wildman–Crippen MR) is 63.2 cm³/mol. The number of nitrogen functional groups attached to an aromatic ring is 1. The summed E-state index contributed by atoms with van der Waals surface area (Å²) in [6, 6.07) is 0.